The Labute approximate surface area is 164 Å². The van der Waals surface area contributed by atoms with Crippen LogP contribution in [-0.2, 0) is 6.61 Å². The molecule has 5 nitrogen and oxygen atoms in total. The van der Waals surface area contributed by atoms with Crippen molar-refractivity contribution in [2.24, 2.45) is 5.92 Å². The van der Waals surface area contributed by atoms with Gasteiger partial charge in [0.2, 0.25) is 0 Å². The van der Waals surface area contributed by atoms with E-state index in [0.29, 0.717) is 18.2 Å². The summed E-state index contributed by atoms with van der Waals surface area (Å²) in [5.41, 5.74) is 2.64. The molecule has 3 aromatic rings. The standard InChI is InChI=1S/C23H25N3O2/c27-23(25-21-14-26-11-9-17(21)10-12-26)20-13-18-19(24-20)7-4-8-22(18)28-15-16-5-2-1-3-6-16/h1-8,13,17,21,24H,9-12,14-15H2,(H,25,27). The number of aromatic nitrogens is 1. The predicted octanol–water partition coefficient (Wildman–Crippen LogP) is 3.57. The molecule has 1 aromatic heterocycles. The maximum atomic E-state index is 12.8. The van der Waals surface area contributed by atoms with E-state index in [1.165, 1.54) is 25.9 Å². The van der Waals surface area contributed by atoms with Gasteiger partial charge in [-0.25, -0.2) is 0 Å². The summed E-state index contributed by atoms with van der Waals surface area (Å²) in [5, 5.41) is 4.19. The summed E-state index contributed by atoms with van der Waals surface area (Å²) < 4.78 is 6.03. The van der Waals surface area contributed by atoms with E-state index < -0.39 is 0 Å². The molecule has 1 atom stereocenters. The smallest absolute Gasteiger partial charge is 0.268 e. The second-order valence-electron chi connectivity index (χ2n) is 7.89. The molecule has 3 fully saturated rings. The Hall–Kier alpha value is -2.79. The lowest BCUT2D eigenvalue weighted by Gasteiger charge is -2.44. The van der Waals surface area contributed by atoms with E-state index in [1.54, 1.807) is 0 Å². The monoisotopic (exact) mass is 375 g/mol. The highest BCUT2D eigenvalue weighted by Crippen LogP contribution is 2.29. The number of piperidine rings is 3. The van der Waals surface area contributed by atoms with Crippen LogP contribution >= 0.6 is 0 Å². The van der Waals surface area contributed by atoms with Crippen molar-refractivity contribution in [3.8, 4) is 5.75 Å². The molecule has 2 N–H and O–H groups in total. The molecular formula is C23H25N3O2. The first-order valence-electron chi connectivity index (χ1n) is 10.1. The molecular weight excluding hydrogens is 350 g/mol. The van der Waals surface area contributed by atoms with Crippen LogP contribution in [0.5, 0.6) is 5.75 Å². The van der Waals surface area contributed by atoms with Gasteiger partial charge < -0.3 is 19.9 Å². The summed E-state index contributed by atoms with van der Waals surface area (Å²) in [4.78, 5) is 18.6. The number of fused-ring (bicyclic) bond motifs is 4. The summed E-state index contributed by atoms with van der Waals surface area (Å²) in [6.07, 6.45) is 2.38. The lowest BCUT2D eigenvalue weighted by atomic mass is 9.84. The average molecular weight is 375 g/mol. The third kappa shape index (κ3) is 3.38. The number of ether oxygens (including phenoxy) is 1. The molecule has 0 saturated carbocycles. The van der Waals surface area contributed by atoms with Crippen LogP contribution in [0.4, 0.5) is 0 Å². The Kier molecular flexibility index (Phi) is 4.53. The maximum absolute atomic E-state index is 12.8. The predicted molar refractivity (Wildman–Crippen MR) is 109 cm³/mol. The van der Waals surface area contributed by atoms with Gasteiger partial charge in [-0.2, -0.15) is 0 Å². The molecule has 6 rings (SSSR count). The minimum absolute atomic E-state index is 0.0241. The molecule has 144 valence electrons. The van der Waals surface area contributed by atoms with Crippen molar-refractivity contribution < 1.29 is 9.53 Å². The van der Waals surface area contributed by atoms with E-state index >= 15 is 0 Å². The fourth-order valence-electron chi connectivity index (χ4n) is 4.49. The average Bonchev–Trinajstić information content (AvgIpc) is 3.19. The van der Waals surface area contributed by atoms with Crippen molar-refractivity contribution in [2.45, 2.75) is 25.5 Å². The quantitative estimate of drug-likeness (QED) is 0.717. The summed E-state index contributed by atoms with van der Waals surface area (Å²) in [6.45, 7) is 3.82. The number of nitrogens with one attached hydrogen (secondary N) is 2. The first kappa shape index (κ1) is 17.3. The van der Waals surface area contributed by atoms with Crippen LogP contribution in [0.15, 0.2) is 54.6 Å². The van der Waals surface area contributed by atoms with Crippen LogP contribution in [0, 0.1) is 5.92 Å². The van der Waals surface area contributed by atoms with Gasteiger partial charge in [0.15, 0.2) is 0 Å². The first-order valence-corrected chi connectivity index (χ1v) is 10.1. The van der Waals surface area contributed by atoms with Crippen molar-refractivity contribution in [3.63, 3.8) is 0 Å². The first-order chi connectivity index (χ1) is 13.8. The van der Waals surface area contributed by atoms with E-state index in [9.17, 15) is 4.79 Å². The van der Waals surface area contributed by atoms with Gasteiger partial charge in [-0.3, -0.25) is 4.79 Å². The zero-order chi connectivity index (χ0) is 18.9. The van der Waals surface area contributed by atoms with E-state index in [2.05, 4.69) is 15.2 Å². The normalized spacial score (nSPS) is 23.6. The van der Waals surface area contributed by atoms with Gasteiger partial charge in [0.1, 0.15) is 18.1 Å². The van der Waals surface area contributed by atoms with E-state index in [4.69, 9.17) is 4.74 Å². The van der Waals surface area contributed by atoms with Crippen molar-refractivity contribution in [2.75, 3.05) is 19.6 Å². The highest BCUT2D eigenvalue weighted by molar-refractivity contribution is 5.99. The Bertz CT molecular complexity index is 974. The summed E-state index contributed by atoms with van der Waals surface area (Å²) in [5.74, 6) is 1.38. The van der Waals surface area contributed by atoms with Crippen LogP contribution < -0.4 is 10.1 Å². The summed E-state index contributed by atoms with van der Waals surface area (Å²) in [6, 6.07) is 18.2. The third-order valence-electron chi connectivity index (χ3n) is 6.08. The van der Waals surface area contributed by atoms with Crippen LogP contribution in [0.2, 0.25) is 0 Å². The molecule has 0 spiro atoms. The second kappa shape index (κ2) is 7.32. The largest absolute Gasteiger partial charge is 0.488 e. The zero-order valence-electron chi connectivity index (χ0n) is 15.9. The van der Waals surface area contributed by atoms with Crippen molar-refractivity contribution in [1.29, 1.82) is 0 Å². The molecule has 0 aliphatic carbocycles. The highest BCUT2D eigenvalue weighted by atomic mass is 16.5. The van der Waals surface area contributed by atoms with E-state index in [0.717, 1.165) is 28.8 Å². The number of rotatable bonds is 5. The fourth-order valence-corrected chi connectivity index (χ4v) is 4.49. The SMILES string of the molecule is O=C(NC1CN2CCC1CC2)c1cc2c(OCc3ccccc3)cccc2[nH]1. The highest BCUT2D eigenvalue weighted by Gasteiger charge is 2.35. The van der Waals surface area contributed by atoms with Crippen molar-refractivity contribution in [3.05, 3.63) is 65.9 Å². The topological polar surface area (TPSA) is 57.4 Å². The number of H-pyrrole nitrogens is 1. The number of nitrogens with zero attached hydrogens (tertiary/aromatic N) is 1. The molecule has 3 aliphatic heterocycles. The van der Waals surface area contributed by atoms with Crippen molar-refractivity contribution >= 4 is 16.8 Å². The molecule has 0 radical (unpaired) electrons. The Balaban J connectivity index is 1.32. The second-order valence-corrected chi connectivity index (χ2v) is 7.89. The number of aromatic amines is 1. The van der Waals surface area contributed by atoms with E-state index in [1.807, 2.05) is 54.6 Å². The van der Waals surface area contributed by atoms with E-state index in [-0.39, 0.29) is 11.9 Å². The minimum atomic E-state index is -0.0241. The number of carbonyl (C=O) groups is 1. The molecule has 4 heterocycles. The van der Waals surface area contributed by atoms with Gasteiger partial charge in [0, 0.05) is 23.5 Å². The molecule has 3 aliphatic rings. The lowest BCUT2D eigenvalue weighted by Crippen LogP contribution is -2.57. The lowest BCUT2D eigenvalue weighted by molar-refractivity contribution is 0.0618. The Morgan fingerprint density at radius 3 is 2.68 bits per heavy atom. The number of hydrogen-bond donors (Lipinski definition) is 2. The molecule has 28 heavy (non-hydrogen) atoms. The van der Waals surface area contributed by atoms with Gasteiger partial charge in [-0.05, 0) is 55.6 Å². The Morgan fingerprint density at radius 2 is 1.93 bits per heavy atom. The Morgan fingerprint density at radius 1 is 1.11 bits per heavy atom. The van der Waals surface area contributed by atoms with Gasteiger partial charge in [0.25, 0.3) is 5.91 Å². The fraction of sp³-hybridized carbons (Fsp3) is 0.348. The molecule has 2 bridgehead atoms. The van der Waals surface area contributed by atoms with Gasteiger partial charge in [0.05, 0.1) is 0 Å². The minimum Gasteiger partial charge on any atom is -0.488 e. The zero-order valence-corrected chi connectivity index (χ0v) is 15.9. The van der Waals surface area contributed by atoms with Crippen molar-refractivity contribution in [1.82, 2.24) is 15.2 Å². The number of benzene rings is 2. The van der Waals surface area contributed by atoms with Gasteiger partial charge in [-0.1, -0.05) is 36.4 Å². The molecule has 3 saturated heterocycles. The number of carbonyl (C=O) groups excluding carboxylic acids is 1. The number of hydrogen-bond acceptors (Lipinski definition) is 3. The third-order valence-corrected chi connectivity index (χ3v) is 6.08. The maximum Gasteiger partial charge on any atom is 0.268 e. The molecule has 1 amide bonds. The number of amides is 1. The van der Waals surface area contributed by atoms with Crippen LogP contribution in [0.25, 0.3) is 10.9 Å². The summed E-state index contributed by atoms with van der Waals surface area (Å²) in [7, 11) is 0. The molecule has 5 heteroatoms. The van der Waals surface area contributed by atoms with Crippen LogP contribution in [-0.4, -0.2) is 41.5 Å². The van der Waals surface area contributed by atoms with Gasteiger partial charge in [-0.15, -0.1) is 0 Å². The van der Waals surface area contributed by atoms with Crippen LogP contribution in [0.3, 0.4) is 0 Å². The van der Waals surface area contributed by atoms with Crippen LogP contribution in [0.1, 0.15) is 28.9 Å². The molecule has 1 unspecified atom stereocenters. The summed E-state index contributed by atoms with van der Waals surface area (Å²) >= 11 is 0. The van der Waals surface area contributed by atoms with Gasteiger partial charge >= 0.3 is 0 Å². The molecule has 2 aromatic carbocycles.